The number of aliphatic hydroxyl groups excluding tert-OH is 1. The van der Waals surface area contributed by atoms with E-state index >= 15 is 0 Å². The van der Waals surface area contributed by atoms with Gasteiger partial charge in [-0.05, 0) is 42.5 Å². The van der Waals surface area contributed by atoms with Crippen LogP contribution in [0.3, 0.4) is 0 Å². The second-order valence-corrected chi connectivity index (χ2v) is 7.88. The molecular weight excluding hydrogens is 476 g/mol. The number of hydrogen-bond donors (Lipinski definition) is 1. The summed E-state index contributed by atoms with van der Waals surface area (Å²) in [4.78, 5) is 11.0. The van der Waals surface area contributed by atoms with Gasteiger partial charge in [-0.1, -0.05) is 30.2 Å². The average Bonchev–Trinajstić information content (AvgIpc) is 2.87. The molecule has 7 heteroatoms. The van der Waals surface area contributed by atoms with Gasteiger partial charge < -0.3 is 21.5 Å². The van der Waals surface area contributed by atoms with Gasteiger partial charge in [-0.2, -0.15) is 6.42 Å². The van der Waals surface area contributed by atoms with Crippen LogP contribution in [-0.4, -0.2) is 29.2 Å². The monoisotopic (exact) mass is 502 g/mol. The fourth-order valence-electron chi connectivity index (χ4n) is 3.34. The van der Waals surface area contributed by atoms with Gasteiger partial charge in [0.1, 0.15) is 12.4 Å². The number of unbranched alkanes of at least 4 members (excludes halogenated alkanes) is 1. The Labute approximate surface area is 202 Å². The Bertz CT molecular complexity index is 653. The number of ether oxygens (including phenoxy) is 2. The number of rotatable bonds is 9. The van der Waals surface area contributed by atoms with E-state index in [0.29, 0.717) is 23.8 Å². The molecular formula is C21H27Cl2O4Y-. The second-order valence-electron chi connectivity index (χ2n) is 6.88. The van der Waals surface area contributed by atoms with E-state index in [1.807, 2.05) is 0 Å². The number of halogens is 2. The van der Waals surface area contributed by atoms with Gasteiger partial charge in [0.25, 0.3) is 0 Å². The van der Waals surface area contributed by atoms with Gasteiger partial charge in [-0.3, -0.25) is 4.79 Å². The van der Waals surface area contributed by atoms with Crippen molar-refractivity contribution in [3.63, 3.8) is 0 Å². The fourth-order valence-corrected chi connectivity index (χ4v) is 4.06. The SMILES string of the molecule is [CH2-]CC/C=C\C[C@@H]1[C@@H](COc2cc(Cl)cc(COC(C)=O)c2)[C@H](O)C[C@H]1Cl.[Y]. The first-order valence-electron chi connectivity index (χ1n) is 9.22. The van der Waals surface area contributed by atoms with Crippen molar-refractivity contribution in [3.05, 3.63) is 47.9 Å². The van der Waals surface area contributed by atoms with Gasteiger partial charge in [-0.25, -0.2) is 0 Å². The Balaban J connectivity index is 0.00000392. The minimum absolute atomic E-state index is 0. The van der Waals surface area contributed by atoms with Crippen LogP contribution in [0.25, 0.3) is 0 Å². The molecule has 1 saturated carbocycles. The third kappa shape index (κ3) is 8.32. The zero-order chi connectivity index (χ0) is 19.8. The molecule has 4 atom stereocenters. The van der Waals surface area contributed by atoms with Crippen molar-refractivity contribution in [1.82, 2.24) is 0 Å². The molecule has 0 spiro atoms. The van der Waals surface area contributed by atoms with Gasteiger partial charge in [0.2, 0.25) is 0 Å². The number of hydrogen-bond acceptors (Lipinski definition) is 4. The Morgan fingerprint density at radius 1 is 1.32 bits per heavy atom. The van der Waals surface area contributed by atoms with E-state index in [1.54, 1.807) is 18.2 Å². The van der Waals surface area contributed by atoms with E-state index < -0.39 is 6.10 Å². The maximum atomic E-state index is 11.0. The topological polar surface area (TPSA) is 55.8 Å². The molecule has 1 aromatic rings. The molecule has 153 valence electrons. The van der Waals surface area contributed by atoms with Crippen molar-refractivity contribution in [2.45, 2.75) is 50.7 Å². The fraction of sp³-hybridized carbons (Fsp3) is 0.524. The largest absolute Gasteiger partial charge is 0.493 e. The van der Waals surface area contributed by atoms with Crippen molar-refractivity contribution in [1.29, 1.82) is 0 Å². The first kappa shape index (κ1) is 25.9. The van der Waals surface area contributed by atoms with Crippen LogP contribution >= 0.6 is 23.2 Å². The molecule has 0 saturated heterocycles. The van der Waals surface area contributed by atoms with Crippen LogP contribution in [0.2, 0.25) is 5.02 Å². The van der Waals surface area contributed by atoms with Crippen LogP contribution in [-0.2, 0) is 48.8 Å². The summed E-state index contributed by atoms with van der Waals surface area (Å²) < 4.78 is 10.9. The van der Waals surface area contributed by atoms with Gasteiger partial charge in [0.05, 0.1) is 12.7 Å². The standard InChI is InChI=1S/C21H27Cl2O4.Y/c1-3-4-5-6-7-18-19(21(25)11-20(18)23)13-27-17-9-15(8-16(22)10-17)12-26-14(2)24;/h5-6,8-10,18-21,25H,1,3-4,7,11-13H2,2H3;/q-1;/b6-5-;/t18-,19-,20-,21-;/m1./s1. The summed E-state index contributed by atoms with van der Waals surface area (Å²) in [5.74, 6) is 0.339. The minimum atomic E-state index is -0.488. The van der Waals surface area contributed by atoms with Gasteiger partial charge in [0, 0.05) is 56.0 Å². The van der Waals surface area contributed by atoms with Crippen molar-refractivity contribution in [2.75, 3.05) is 6.61 Å². The van der Waals surface area contributed by atoms with Gasteiger partial charge in [0.15, 0.2) is 0 Å². The zero-order valence-corrected chi connectivity index (χ0v) is 20.5. The number of carbonyl (C=O) groups excluding carboxylic acids is 1. The summed E-state index contributed by atoms with van der Waals surface area (Å²) in [6.45, 7) is 5.67. The molecule has 0 aliphatic heterocycles. The molecule has 0 bridgehead atoms. The number of esters is 1. The molecule has 0 aromatic heterocycles. The molecule has 0 heterocycles. The van der Waals surface area contributed by atoms with Crippen LogP contribution in [0, 0.1) is 18.8 Å². The third-order valence-corrected chi connectivity index (χ3v) is 5.46. The van der Waals surface area contributed by atoms with E-state index in [0.717, 1.165) is 24.8 Å². The van der Waals surface area contributed by atoms with E-state index in [2.05, 4.69) is 19.1 Å². The second kappa shape index (κ2) is 13.2. The molecule has 1 radical (unpaired) electrons. The zero-order valence-electron chi connectivity index (χ0n) is 16.2. The molecule has 1 aliphatic rings. The summed E-state index contributed by atoms with van der Waals surface area (Å²) in [5, 5.41) is 10.8. The van der Waals surface area contributed by atoms with E-state index in [-0.39, 0.29) is 62.5 Å². The smallest absolute Gasteiger partial charge is 0.302 e. The molecule has 0 unspecified atom stereocenters. The van der Waals surface area contributed by atoms with E-state index in [9.17, 15) is 9.90 Å². The van der Waals surface area contributed by atoms with E-state index in [4.69, 9.17) is 32.7 Å². The Morgan fingerprint density at radius 3 is 2.75 bits per heavy atom. The van der Waals surface area contributed by atoms with Crippen molar-refractivity contribution in [3.8, 4) is 5.75 Å². The maximum Gasteiger partial charge on any atom is 0.302 e. The molecule has 4 nitrogen and oxygen atoms in total. The summed E-state index contributed by atoms with van der Waals surface area (Å²) in [6, 6.07) is 5.23. The summed E-state index contributed by atoms with van der Waals surface area (Å²) in [7, 11) is 0. The van der Waals surface area contributed by atoms with Crippen LogP contribution < -0.4 is 4.74 Å². The first-order valence-corrected chi connectivity index (χ1v) is 10.0. The number of alkyl halides is 1. The molecule has 1 N–H and O–H groups in total. The number of carbonyl (C=O) groups is 1. The maximum absolute atomic E-state index is 11.0. The molecule has 1 fully saturated rings. The number of benzene rings is 1. The van der Waals surface area contributed by atoms with Crippen LogP contribution in [0.4, 0.5) is 0 Å². The summed E-state index contributed by atoms with van der Waals surface area (Å²) >= 11 is 12.6. The normalized spacial score (nSPS) is 24.2. The van der Waals surface area contributed by atoms with Gasteiger partial charge >= 0.3 is 5.97 Å². The molecule has 28 heavy (non-hydrogen) atoms. The van der Waals surface area contributed by atoms with Gasteiger partial charge in [-0.15, -0.1) is 11.6 Å². The van der Waals surface area contributed by atoms with Crippen LogP contribution in [0.15, 0.2) is 30.4 Å². The number of allylic oxidation sites excluding steroid dienone is 2. The molecule has 2 rings (SSSR count). The summed E-state index contributed by atoms with van der Waals surface area (Å²) in [6.07, 6.45) is 6.92. The predicted molar refractivity (Wildman–Crippen MR) is 108 cm³/mol. The minimum Gasteiger partial charge on any atom is -0.493 e. The first-order chi connectivity index (χ1) is 12.9. The van der Waals surface area contributed by atoms with Crippen molar-refractivity contribution in [2.24, 2.45) is 11.8 Å². The average molecular weight is 503 g/mol. The molecule has 1 aromatic carbocycles. The molecule has 0 amide bonds. The Morgan fingerprint density at radius 2 is 2.07 bits per heavy atom. The van der Waals surface area contributed by atoms with Crippen molar-refractivity contribution < 1.29 is 52.1 Å². The van der Waals surface area contributed by atoms with Crippen molar-refractivity contribution >= 4 is 29.2 Å². The third-order valence-electron chi connectivity index (χ3n) is 4.74. The van der Waals surface area contributed by atoms with Crippen LogP contribution in [0.1, 0.15) is 38.2 Å². The Hall–Kier alpha value is -0.126. The van der Waals surface area contributed by atoms with E-state index in [1.165, 1.54) is 6.92 Å². The van der Waals surface area contributed by atoms with Crippen LogP contribution in [0.5, 0.6) is 5.75 Å². The molecule has 1 aliphatic carbocycles. The summed E-state index contributed by atoms with van der Waals surface area (Å²) in [5.41, 5.74) is 0.752. The number of aliphatic hydroxyl groups is 1. The quantitative estimate of drug-likeness (QED) is 0.225. The predicted octanol–water partition coefficient (Wildman–Crippen LogP) is 4.94. The Kier molecular flexibility index (Phi) is 12.2.